The second kappa shape index (κ2) is 9.14. The minimum Gasteiger partial charge on any atom is -0.356 e. The number of nitrogens with zero attached hydrogens (tertiary/aromatic N) is 3. The maximum Gasteiger partial charge on any atom is 0.141 e. The summed E-state index contributed by atoms with van der Waals surface area (Å²) >= 11 is 1.69. The lowest BCUT2D eigenvalue weighted by Gasteiger charge is -2.35. The van der Waals surface area contributed by atoms with Crippen molar-refractivity contribution in [2.45, 2.75) is 44.3 Å². The van der Waals surface area contributed by atoms with Crippen molar-refractivity contribution in [3.63, 3.8) is 0 Å². The van der Waals surface area contributed by atoms with Crippen LogP contribution < -0.4 is 16.0 Å². The molecule has 5 nitrogen and oxygen atoms in total. The van der Waals surface area contributed by atoms with Crippen molar-refractivity contribution in [2.24, 2.45) is 5.73 Å². The number of nitrogens with one attached hydrogen (secondary N) is 1. The van der Waals surface area contributed by atoms with Crippen LogP contribution in [-0.2, 0) is 6.42 Å². The van der Waals surface area contributed by atoms with E-state index in [0.717, 1.165) is 48.8 Å². The molecule has 3 aromatic rings. The molecule has 3 N–H and O–H groups in total. The fourth-order valence-electron chi connectivity index (χ4n) is 4.53. The molecule has 5 rings (SSSR count). The summed E-state index contributed by atoms with van der Waals surface area (Å²) in [5, 5.41) is 7.14. The second-order valence-electron chi connectivity index (χ2n) is 7.70. The van der Waals surface area contributed by atoms with Crippen molar-refractivity contribution >= 4 is 52.2 Å². The van der Waals surface area contributed by atoms with E-state index in [9.17, 15) is 0 Å². The minimum atomic E-state index is 0. The van der Waals surface area contributed by atoms with Gasteiger partial charge >= 0.3 is 0 Å². The van der Waals surface area contributed by atoms with Crippen molar-refractivity contribution in [1.29, 1.82) is 0 Å². The summed E-state index contributed by atoms with van der Waals surface area (Å²) in [5.41, 5.74) is 9.21. The Morgan fingerprint density at radius 1 is 1.10 bits per heavy atom. The van der Waals surface area contributed by atoms with Crippen LogP contribution in [0.1, 0.15) is 35.8 Å². The maximum absolute atomic E-state index is 6.50. The predicted octanol–water partition coefficient (Wildman–Crippen LogP) is 4.03. The average molecular weight is 452 g/mol. The van der Waals surface area contributed by atoms with E-state index in [2.05, 4.69) is 50.9 Å². The molecule has 2 aromatic heterocycles. The van der Waals surface area contributed by atoms with Crippen LogP contribution in [0.5, 0.6) is 0 Å². The molecule has 3 heterocycles. The first-order chi connectivity index (χ1) is 13.2. The third kappa shape index (κ3) is 4.23. The monoisotopic (exact) mass is 451 g/mol. The van der Waals surface area contributed by atoms with Gasteiger partial charge in [-0.25, -0.2) is 9.97 Å². The largest absolute Gasteiger partial charge is 0.356 e. The summed E-state index contributed by atoms with van der Waals surface area (Å²) in [4.78, 5) is 12.8. The molecular formula is C21H27Cl2N5S. The van der Waals surface area contributed by atoms with Crippen molar-refractivity contribution in [1.82, 2.24) is 15.3 Å². The highest BCUT2D eigenvalue weighted by molar-refractivity contribution is 7.16. The van der Waals surface area contributed by atoms with Crippen LogP contribution in [0.15, 0.2) is 35.7 Å². The van der Waals surface area contributed by atoms with Crippen LogP contribution in [0.3, 0.4) is 0 Å². The number of fused-ring (bicyclic) bond motifs is 2. The molecule has 0 bridgehead atoms. The zero-order chi connectivity index (χ0) is 18.4. The lowest BCUT2D eigenvalue weighted by atomic mass is 10.0. The van der Waals surface area contributed by atoms with E-state index in [1.165, 1.54) is 16.5 Å². The average Bonchev–Trinajstić information content (AvgIpc) is 3.27. The summed E-state index contributed by atoms with van der Waals surface area (Å²) in [6, 6.07) is 11.7. The number of anilines is 1. The molecule has 0 spiro atoms. The topological polar surface area (TPSA) is 67.1 Å². The molecular weight excluding hydrogens is 425 g/mol. The van der Waals surface area contributed by atoms with Crippen LogP contribution in [0, 0.1) is 6.92 Å². The molecule has 0 unspecified atom stereocenters. The lowest BCUT2D eigenvalue weighted by molar-refractivity contribution is 0.346. The number of nitrogens with two attached hydrogens (primary N) is 1. The lowest BCUT2D eigenvalue weighted by Crippen LogP contribution is -2.48. The first kappa shape index (κ1) is 22.2. The molecule has 29 heavy (non-hydrogen) atoms. The molecule has 1 saturated heterocycles. The molecule has 1 aliphatic carbocycles. The number of thiophene rings is 1. The molecule has 1 fully saturated rings. The van der Waals surface area contributed by atoms with E-state index in [1.807, 2.05) is 6.92 Å². The zero-order valence-electron chi connectivity index (χ0n) is 16.4. The number of aromatic nitrogens is 2. The van der Waals surface area contributed by atoms with E-state index < -0.39 is 0 Å². The van der Waals surface area contributed by atoms with E-state index in [4.69, 9.17) is 10.7 Å². The van der Waals surface area contributed by atoms with E-state index in [-0.39, 0.29) is 30.9 Å². The summed E-state index contributed by atoms with van der Waals surface area (Å²) in [5.74, 6) is 1.96. The summed E-state index contributed by atoms with van der Waals surface area (Å²) in [6.07, 6.45) is 3.28. The van der Waals surface area contributed by atoms with Crippen molar-refractivity contribution in [3.05, 3.63) is 52.7 Å². The van der Waals surface area contributed by atoms with Gasteiger partial charge in [0.1, 0.15) is 16.5 Å². The van der Waals surface area contributed by atoms with Crippen molar-refractivity contribution < 1.29 is 0 Å². The first-order valence-electron chi connectivity index (χ1n) is 9.75. The Morgan fingerprint density at radius 2 is 1.86 bits per heavy atom. The molecule has 1 aromatic carbocycles. The SMILES string of the molecule is Cc1nc(N2CCC(N[C@H]3Cc4ccccc4[C@@H]3N)CC2)c2ccsc2n1.Cl.Cl. The van der Waals surface area contributed by atoms with Crippen LogP contribution >= 0.6 is 36.2 Å². The van der Waals surface area contributed by atoms with Gasteiger partial charge in [0.2, 0.25) is 0 Å². The van der Waals surface area contributed by atoms with E-state index in [1.54, 1.807) is 11.3 Å². The molecule has 8 heteroatoms. The van der Waals surface area contributed by atoms with Gasteiger partial charge in [-0.2, -0.15) is 0 Å². The van der Waals surface area contributed by atoms with E-state index in [0.29, 0.717) is 12.1 Å². The number of halogens is 2. The zero-order valence-corrected chi connectivity index (χ0v) is 18.8. The smallest absolute Gasteiger partial charge is 0.141 e. The quantitative estimate of drug-likeness (QED) is 0.628. The van der Waals surface area contributed by atoms with Gasteiger partial charge in [-0.05, 0) is 48.8 Å². The Kier molecular flexibility index (Phi) is 7.02. The minimum absolute atomic E-state index is 0. The number of aryl methyl sites for hydroxylation is 1. The van der Waals surface area contributed by atoms with Crippen LogP contribution in [0.2, 0.25) is 0 Å². The molecule has 0 saturated carbocycles. The third-order valence-corrected chi connectivity index (χ3v) is 6.76. The Bertz CT molecular complexity index is 971. The third-order valence-electron chi connectivity index (χ3n) is 5.95. The Hall–Kier alpha value is -1.44. The van der Waals surface area contributed by atoms with Gasteiger partial charge in [0.15, 0.2) is 0 Å². The number of benzene rings is 1. The van der Waals surface area contributed by atoms with Crippen molar-refractivity contribution in [2.75, 3.05) is 18.0 Å². The van der Waals surface area contributed by atoms with Gasteiger partial charge in [0.05, 0.1) is 5.39 Å². The Labute approximate surface area is 187 Å². The van der Waals surface area contributed by atoms with Crippen LogP contribution in [0.25, 0.3) is 10.2 Å². The van der Waals surface area contributed by atoms with Gasteiger partial charge < -0.3 is 16.0 Å². The van der Waals surface area contributed by atoms with Gasteiger partial charge in [0, 0.05) is 31.2 Å². The fourth-order valence-corrected chi connectivity index (χ4v) is 5.34. The van der Waals surface area contributed by atoms with Gasteiger partial charge in [0.25, 0.3) is 0 Å². The van der Waals surface area contributed by atoms with Crippen LogP contribution in [-0.4, -0.2) is 35.1 Å². The first-order valence-corrected chi connectivity index (χ1v) is 10.6. The predicted molar refractivity (Wildman–Crippen MR) is 126 cm³/mol. The molecule has 2 aliphatic rings. The summed E-state index contributed by atoms with van der Waals surface area (Å²) in [7, 11) is 0. The van der Waals surface area contributed by atoms with Crippen molar-refractivity contribution in [3.8, 4) is 0 Å². The summed E-state index contributed by atoms with van der Waals surface area (Å²) < 4.78 is 0. The number of piperidine rings is 1. The highest BCUT2D eigenvalue weighted by Gasteiger charge is 2.32. The molecule has 2 atom stereocenters. The Morgan fingerprint density at radius 3 is 2.62 bits per heavy atom. The standard InChI is InChI=1S/C21H25N5S.2ClH/c1-13-23-20(17-8-11-27-21(17)24-13)26-9-6-15(7-10-26)25-18-12-14-4-2-3-5-16(14)19(18)22;;/h2-5,8,11,15,18-19,25H,6-7,9-10,12,22H2,1H3;2*1H/t18-,19-;;/m0../s1. The molecule has 0 radical (unpaired) electrons. The van der Waals surface area contributed by atoms with Crippen LogP contribution in [0.4, 0.5) is 5.82 Å². The number of hydrogen-bond acceptors (Lipinski definition) is 6. The number of hydrogen-bond donors (Lipinski definition) is 2. The second-order valence-corrected chi connectivity index (χ2v) is 8.59. The van der Waals surface area contributed by atoms with E-state index >= 15 is 0 Å². The molecule has 0 amide bonds. The Balaban J connectivity index is 0.00000120. The fraction of sp³-hybridized carbons (Fsp3) is 0.429. The van der Waals surface area contributed by atoms with Gasteiger partial charge in [-0.3, -0.25) is 0 Å². The highest BCUT2D eigenvalue weighted by atomic mass is 35.5. The number of rotatable bonds is 3. The summed E-state index contributed by atoms with van der Waals surface area (Å²) in [6.45, 7) is 4.03. The van der Waals surface area contributed by atoms with Gasteiger partial charge in [-0.1, -0.05) is 24.3 Å². The normalized spacial score (nSPS) is 21.5. The molecule has 1 aliphatic heterocycles. The van der Waals surface area contributed by atoms with Gasteiger partial charge in [-0.15, -0.1) is 36.2 Å². The molecule has 156 valence electrons. The highest BCUT2D eigenvalue weighted by Crippen LogP contribution is 2.32. The maximum atomic E-state index is 6.50.